The van der Waals surface area contributed by atoms with Crippen LogP contribution in [0.3, 0.4) is 0 Å². The number of hydrogen-bond acceptors (Lipinski definition) is 3. The molecular formula is C18H15Cl3N2O2. The molecule has 0 aromatic heterocycles. The summed E-state index contributed by atoms with van der Waals surface area (Å²) in [5, 5.41) is 4.76. The fraction of sp³-hybridized carbons (Fsp3) is 0.111. The van der Waals surface area contributed by atoms with E-state index in [9.17, 15) is 4.79 Å². The molecule has 130 valence electrons. The Labute approximate surface area is 161 Å². The van der Waals surface area contributed by atoms with E-state index in [1.165, 1.54) is 12.1 Å². The first-order valence-corrected chi connectivity index (χ1v) is 8.41. The third kappa shape index (κ3) is 6.42. The van der Waals surface area contributed by atoms with Crippen molar-refractivity contribution in [3.8, 4) is 5.75 Å². The lowest BCUT2D eigenvalue weighted by Crippen LogP contribution is -2.24. The summed E-state index contributed by atoms with van der Waals surface area (Å²) in [6, 6.07) is 12.7. The summed E-state index contributed by atoms with van der Waals surface area (Å²) in [4.78, 5) is 11.7. The van der Waals surface area contributed by atoms with Crippen LogP contribution < -0.4 is 10.2 Å². The Bertz CT molecular complexity index is 805. The Kier molecular flexibility index (Phi) is 7.31. The monoisotopic (exact) mass is 396 g/mol. The van der Waals surface area contributed by atoms with E-state index >= 15 is 0 Å². The van der Waals surface area contributed by atoms with E-state index in [4.69, 9.17) is 39.5 Å². The number of nitrogens with zero attached hydrogens (tertiary/aromatic N) is 1. The summed E-state index contributed by atoms with van der Waals surface area (Å²) in [7, 11) is 0. The third-order valence-electron chi connectivity index (χ3n) is 2.98. The number of rotatable bonds is 6. The minimum atomic E-state index is -0.425. The van der Waals surface area contributed by atoms with Crippen molar-refractivity contribution in [3.05, 3.63) is 68.7 Å². The van der Waals surface area contributed by atoms with E-state index in [-0.39, 0.29) is 17.4 Å². The number of carbonyl (C=O) groups excluding carboxylic acids is 1. The first-order valence-electron chi connectivity index (χ1n) is 7.28. The molecule has 4 nitrogen and oxygen atoms in total. The number of carbonyl (C=O) groups is 1. The molecule has 25 heavy (non-hydrogen) atoms. The predicted octanol–water partition coefficient (Wildman–Crippen LogP) is 5.23. The average Bonchev–Trinajstić information content (AvgIpc) is 2.58. The molecule has 0 spiro atoms. The van der Waals surface area contributed by atoms with Gasteiger partial charge in [0.15, 0.2) is 6.61 Å². The summed E-state index contributed by atoms with van der Waals surface area (Å²) in [6.07, 6.45) is 3.50. The number of hydrazone groups is 1. The maximum atomic E-state index is 11.7. The molecule has 0 aliphatic carbocycles. The summed E-state index contributed by atoms with van der Waals surface area (Å²) < 4.78 is 5.31. The number of amides is 1. The van der Waals surface area contributed by atoms with Crippen molar-refractivity contribution in [2.75, 3.05) is 6.61 Å². The number of nitrogens with one attached hydrogen (secondary N) is 1. The van der Waals surface area contributed by atoms with Crippen LogP contribution >= 0.6 is 34.8 Å². The van der Waals surface area contributed by atoms with Crippen molar-refractivity contribution in [1.82, 2.24) is 5.43 Å². The highest BCUT2D eigenvalue weighted by Gasteiger charge is 2.09. The van der Waals surface area contributed by atoms with Crippen molar-refractivity contribution in [2.24, 2.45) is 5.10 Å². The van der Waals surface area contributed by atoms with E-state index in [1.54, 1.807) is 6.21 Å². The van der Waals surface area contributed by atoms with Crippen LogP contribution in [0.25, 0.3) is 6.08 Å². The largest absolute Gasteiger partial charge is 0.482 e. The summed E-state index contributed by atoms with van der Waals surface area (Å²) in [5.74, 6) is -0.152. The number of ether oxygens (including phenoxy) is 1. The van der Waals surface area contributed by atoms with Gasteiger partial charge in [-0.05, 0) is 24.1 Å². The molecule has 0 unspecified atom stereocenters. The molecule has 0 saturated heterocycles. The summed E-state index contributed by atoms with van der Waals surface area (Å²) in [5.41, 5.74) is 4.32. The highest BCUT2D eigenvalue weighted by molar-refractivity contribution is 6.43. The molecule has 0 bridgehead atoms. The van der Waals surface area contributed by atoms with Crippen LogP contribution in [0.5, 0.6) is 5.75 Å². The first-order chi connectivity index (χ1) is 12.0. The molecule has 0 aliphatic heterocycles. The lowest BCUT2D eigenvalue weighted by Gasteiger charge is -2.08. The maximum absolute atomic E-state index is 11.7. The topological polar surface area (TPSA) is 50.7 Å². The van der Waals surface area contributed by atoms with Gasteiger partial charge in [-0.15, -0.1) is 0 Å². The lowest BCUT2D eigenvalue weighted by molar-refractivity contribution is -0.123. The minimum absolute atomic E-state index is 0.254. The average molecular weight is 398 g/mol. The zero-order valence-corrected chi connectivity index (χ0v) is 15.6. The highest BCUT2D eigenvalue weighted by Crippen LogP contribution is 2.33. The Morgan fingerprint density at radius 2 is 1.80 bits per heavy atom. The van der Waals surface area contributed by atoms with Gasteiger partial charge in [-0.1, -0.05) is 71.2 Å². The van der Waals surface area contributed by atoms with Gasteiger partial charge in [0.2, 0.25) is 0 Å². The van der Waals surface area contributed by atoms with Crippen molar-refractivity contribution in [2.45, 2.75) is 6.92 Å². The van der Waals surface area contributed by atoms with Gasteiger partial charge in [-0.3, -0.25) is 4.79 Å². The smallest absolute Gasteiger partial charge is 0.277 e. The second kappa shape index (κ2) is 9.47. The van der Waals surface area contributed by atoms with Gasteiger partial charge < -0.3 is 4.74 Å². The molecule has 0 saturated carbocycles. The summed E-state index contributed by atoms with van der Waals surface area (Å²) >= 11 is 17.7. The van der Waals surface area contributed by atoms with Gasteiger partial charge in [0, 0.05) is 6.07 Å². The van der Waals surface area contributed by atoms with Gasteiger partial charge in [0.1, 0.15) is 5.75 Å². The van der Waals surface area contributed by atoms with Crippen molar-refractivity contribution >= 4 is 53.0 Å². The molecule has 2 aromatic carbocycles. The fourth-order valence-electron chi connectivity index (χ4n) is 1.85. The van der Waals surface area contributed by atoms with Crippen LogP contribution in [0, 0.1) is 0 Å². The first kappa shape index (κ1) is 19.3. The normalized spacial score (nSPS) is 11.6. The van der Waals surface area contributed by atoms with Crippen molar-refractivity contribution in [3.63, 3.8) is 0 Å². The zero-order valence-electron chi connectivity index (χ0n) is 13.3. The molecule has 1 amide bonds. The van der Waals surface area contributed by atoms with Crippen LogP contribution in [0.4, 0.5) is 0 Å². The zero-order chi connectivity index (χ0) is 18.2. The molecular weight excluding hydrogens is 383 g/mol. The van der Waals surface area contributed by atoms with Crippen LogP contribution in [-0.4, -0.2) is 18.7 Å². The Morgan fingerprint density at radius 1 is 1.12 bits per heavy atom. The van der Waals surface area contributed by atoms with Crippen molar-refractivity contribution < 1.29 is 9.53 Å². The third-order valence-corrected chi connectivity index (χ3v) is 4.00. The Balaban J connectivity index is 1.84. The van der Waals surface area contributed by atoms with Gasteiger partial charge >= 0.3 is 0 Å². The van der Waals surface area contributed by atoms with E-state index in [0.29, 0.717) is 10.0 Å². The Morgan fingerprint density at radius 3 is 2.52 bits per heavy atom. The van der Waals surface area contributed by atoms with Crippen LogP contribution in [0.15, 0.2) is 53.1 Å². The van der Waals surface area contributed by atoms with Gasteiger partial charge in [0.25, 0.3) is 5.91 Å². The van der Waals surface area contributed by atoms with E-state index in [0.717, 1.165) is 11.1 Å². The predicted molar refractivity (Wildman–Crippen MR) is 104 cm³/mol. The molecule has 1 N–H and O–H groups in total. The van der Waals surface area contributed by atoms with E-state index in [2.05, 4.69) is 10.5 Å². The number of allylic oxidation sites excluding steroid dienone is 1. The number of halogens is 3. The van der Waals surface area contributed by atoms with Gasteiger partial charge in [-0.25, -0.2) is 5.43 Å². The Hall–Kier alpha value is -2.01. The lowest BCUT2D eigenvalue weighted by atomic mass is 10.1. The molecule has 0 fully saturated rings. The number of hydrogen-bond donors (Lipinski definition) is 1. The molecule has 0 heterocycles. The highest BCUT2D eigenvalue weighted by atomic mass is 35.5. The molecule has 0 aliphatic rings. The maximum Gasteiger partial charge on any atom is 0.277 e. The van der Waals surface area contributed by atoms with Gasteiger partial charge in [-0.2, -0.15) is 5.10 Å². The quantitative estimate of drug-likeness (QED) is 0.412. The molecule has 0 atom stereocenters. The molecule has 2 rings (SSSR count). The second-order valence-corrected chi connectivity index (χ2v) is 6.30. The van der Waals surface area contributed by atoms with Crippen molar-refractivity contribution in [1.29, 1.82) is 0 Å². The molecule has 7 heteroatoms. The minimum Gasteiger partial charge on any atom is -0.482 e. The molecule has 2 aromatic rings. The fourth-order valence-corrected chi connectivity index (χ4v) is 2.44. The van der Waals surface area contributed by atoms with E-state index < -0.39 is 5.91 Å². The van der Waals surface area contributed by atoms with E-state index in [1.807, 2.05) is 43.3 Å². The van der Waals surface area contributed by atoms with Crippen LogP contribution in [0.1, 0.15) is 12.5 Å². The standard InChI is InChI=1S/C18H15Cl3N2O2/c1-12(7-13-5-3-2-4-6-13)10-22-23-18(24)11-25-17-9-15(20)14(19)8-16(17)21/h2-10H,11H2,1H3,(H,23,24)/b12-7+,22-10+. The number of benzene rings is 2. The molecule has 0 radical (unpaired) electrons. The second-order valence-electron chi connectivity index (χ2n) is 5.08. The van der Waals surface area contributed by atoms with Gasteiger partial charge in [0.05, 0.1) is 21.3 Å². The van der Waals surface area contributed by atoms with Crippen LogP contribution in [0.2, 0.25) is 15.1 Å². The SMILES string of the molecule is CC(/C=N/NC(=O)COc1cc(Cl)c(Cl)cc1Cl)=C\c1ccccc1. The van der Waals surface area contributed by atoms with Crippen LogP contribution in [-0.2, 0) is 4.79 Å². The summed E-state index contributed by atoms with van der Waals surface area (Å²) in [6.45, 7) is 1.63.